The summed E-state index contributed by atoms with van der Waals surface area (Å²) < 4.78 is 17.1. The minimum Gasteiger partial charge on any atom is -0.497 e. The minimum absolute atomic E-state index is 0.0688. The highest BCUT2D eigenvalue weighted by Gasteiger charge is 2.31. The van der Waals surface area contributed by atoms with Crippen LogP contribution in [0.2, 0.25) is 0 Å². The Bertz CT molecular complexity index is 1470. The molecule has 0 bridgehead atoms. The van der Waals surface area contributed by atoms with Crippen molar-refractivity contribution < 1.29 is 23.8 Å². The van der Waals surface area contributed by atoms with Gasteiger partial charge in [0.05, 0.1) is 7.11 Å². The van der Waals surface area contributed by atoms with Gasteiger partial charge in [-0.25, -0.2) is 9.59 Å². The van der Waals surface area contributed by atoms with Gasteiger partial charge in [0, 0.05) is 5.92 Å². The van der Waals surface area contributed by atoms with Gasteiger partial charge in [-0.3, -0.25) is 0 Å². The number of esters is 1. The first kappa shape index (κ1) is 29.3. The van der Waals surface area contributed by atoms with E-state index < -0.39 is 24.2 Å². The van der Waals surface area contributed by atoms with E-state index in [1.165, 1.54) is 0 Å². The van der Waals surface area contributed by atoms with E-state index in [1.54, 1.807) is 18.9 Å². The molecule has 5 rings (SSSR count). The zero-order valence-corrected chi connectivity index (χ0v) is 24.9. The van der Waals surface area contributed by atoms with E-state index >= 15 is 0 Å². The molecule has 1 N–H and O–H groups in total. The first-order valence-electron chi connectivity index (χ1n) is 14.0. The van der Waals surface area contributed by atoms with Crippen molar-refractivity contribution in [3.05, 3.63) is 125 Å². The zero-order chi connectivity index (χ0) is 29.5. The van der Waals surface area contributed by atoms with Gasteiger partial charge in [0.25, 0.3) is 0 Å². The number of ether oxygens (including phenoxy) is 3. The van der Waals surface area contributed by atoms with Gasteiger partial charge in [0.2, 0.25) is 0 Å². The summed E-state index contributed by atoms with van der Waals surface area (Å²) in [6.07, 6.45) is 1.08. The molecule has 0 aliphatic heterocycles. The molecule has 0 radical (unpaired) electrons. The van der Waals surface area contributed by atoms with E-state index in [2.05, 4.69) is 29.6 Å². The first-order valence-corrected chi connectivity index (χ1v) is 15.4. The van der Waals surface area contributed by atoms with Gasteiger partial charge in [-0.05, 0) is 70.9 Å². The van der Waals surface area contributed by atoms with Crippen molar-refractivity contribution in [1.29, 1.82) is 0 Å². The Morgan fingerprint density at radius 2 is 1.40 bits per heavy atom. The number of carbonyl (C=O) groups is 2. The molecular weight excluding hydrogens is 546 g/mol. The van der Waals surface area contributed by atoms with Crippen LogP contribution >= 0.6 is 11.8 Å². The maximum atomic E-state index is 13.6. The molecule has 1 aliphatic rings. The summed E-state index contributed by atoms with van der Waals surface area (Å²) in [6, 6.07) is 30.8. The summed E-state index contributed by atoms with van der Waals surface area (Å²) in [6.45, 7) is 2.18. The Kier molecular flexibility index (Phi) is 9.49. The Labute approximate surface area is 251 Å². The second-order valence-corrected chi connectivity index (χ2v) is 11.3. The molecule has 0 spiro atoms. The fourth-order valence-corrected chi connectivity index (χ4v) is 5.79. The van der Waals surface area contributed by atoms with Crippen molar-refractivity contribution in [3.8, 4) is 16.9 Å². The van der Waals surface area contributed by atoms with Gasteiger partial charge in [-0.1, -0.05) is 90.5 Å². The van der Waals surface area contributed by atoms with Gasteiger partial charge in [0.1, 0.15) is 18.4 Å². The summed E-state index contributed by atoms with van der Waals surface area (Å²) in [5.41, 5.74) is 7.32. The molecule has 42 heavy (non-hydrogen) atoms. The van der Waals surface area contributed by atoms with Crippen molar-refractivity contribution >= 4 is 23.8 Å². The lowest BCUT2D eigenvalue weighted by molar-refractivity contribution is -0.150. The predicted molar refractivity (Wildman–Crippen MR) is 167 cm³/mol. The number of alkyl carbamates (subject to hydrolysis) is 1. The molecular formula is C35H35NO5S. The summed E-state index contributed by atoms with van der Waals surface area (Å²) in [4.78, 5) is 26.7. The van der Waals surface area contributed by atoms with Crippen LogP contribution in [0.4, 0.5) is 4.79 Å². The molecule has 0 aromatic heterocycles. The lowest BCUT2D eigenvalue weighted by atomic mass is 9.98. The summed E-state index contributed by atoms with van der Waals surface area (Å²) in [5, 5.41) is 2.79. The van der Waals surface area contributed by atoms with Crippen molar-refractivity contribution in [1.82, 2.24) is 5.32 Å². The number of thioether (sulfide) groups is 1. The Balaban J connectivity index is 1.30. The number of hydrogen-bond donors (Lipinski definition) is 1. The number of carbonyl (C=O) groups excluding carboxylic acids is 2. The predicted octanol–water partition coefficient (Wildman–Crippen LogP) is 7.30. The molecule has 4 aromatic rings. The number of aryl methyl sites for hydroxylation is 1. The average Bonchev–Trinajstić information content (AvgIpc) is 3.35. The summed E-state index contributed by atoms with van der Waals surface area (Å²) >= 11 is 1.60. The largest absolute Gasteiger partial charge is 0.497 e. The Morgan fingerprint density at radius 3 is 1.98 bits per heavy atom. The summed E-state index contributed by atoms with van der Waals surface area (Å²) in [7, 11) is 1.61. The molecule has 2 atom stereocenters. The molecule has 1 aliphatic carbocycles. The van der Waals surface area contributed by atoms with Crippen molar-refractivity contribution in [2.24, 2.45) is 0 Å². The molecule has 0 fully saturated rings. The fourth-order valence-electron chi connectivity index (χ4n) is 5.31. The molecule has 216 valence electrons. The lowest BCUT2D eigenvalue weighted by Crippen LogP contribution is -2.43. The maximum Gasteiger partial charge on any atom is 0.407 e. The second kappa shape index (κ2) is 13.6. The fraction of sp³-hybridized carbons (Fsp3) is 0.257. The second-order valence-electron chi connectivity index (χ2n) is 10.3. The highest BCUT2D eigenvalue weighted by molar-refractivity contribution is 7.98. The van der Waals surface area contributed by atoms with Crippen LogP contribution < -0.4 is 10.1 Å². The number of methoxy groups -OCH3 is 1. The van der Waals surface area contributed by atoms with E-state index in [4.69, 9.17) is 14.2 Å². The molecule has 6 nitrogen and oxygen atoms in total. The zero-order valence-electron chi connectivity index (χ0n) is 24.0. The van der Waals surface area contributed by atoms with Crippen LogP contribution in [0.5, 0.6) is 5.75 Å². The van der Waals surface area contributed by atoms with E-state index in [0.29, 0.717) is 17.9 Å². The summed E-state index contributed by atoms with van der Waals surface area (Å²) in [5.74, 6) is 0.795. The number of rotatable bonds is 11. The van der Waals surface area contributed by atoms with Crippen LogP contribution in [0.3, 0.4) is 0 Å². The molecule has 1 amide bonds. The normalized spacial score (nSPS) is 13.4. The molecule has 0 saturated carbocycles. The smallest absolute Gasteiger partial charge is 0.407 e. The van der Waals surface area contributed by atoms with Crippen molar-refractivity contribution in [3.63, 3.8) is 0 Å². The Morgan fingerprint density at radius 1 is 0.833 bits per heavy atom. The third-order valence-corrected chi connectivity index (χ3v) is 8.21. The van der Waals surface area contributed by atoms with Crippen LogP contribution in [-0.2, 0) is 14.3 Å². The highest BCUT2D eigenvalue weighted by atomic mass is 32.2. The van der Waals surface area contributed by atoms with Crippen LogP contribution in [0.15, 0.2) is 97.1 Å². The Hall–Kier alpha value is -4.23. The number of amides is 1. The topological polar surface area (TPSA) is 73.9 Å². The lowest BCUT2D eigenvalue weighted by Gasteiger charge is -2.24. The van der Waals surface area contributed by atoms with Crippen molar-refractivity contribution in [2.45, 2.75) is 31.4 Å². The van der Waals surface area contributed by atoms with Gasteiger partial charge < -0.3 is 19.5 Å². The molecule has 4 aromatic carbocycles. The van der Waals surface area contributed by atoms with Gasteiger partial charge >= 0.3 is 12.1 Å². The minimum atomic E-state index is -0.862. The maximum absolute atomic E-state index is 13.6. The number of hydrogen-bond acceptors (Lipinski definition) is 6. The van der Waals surface area contributed by atoms with Crippen LogP contribution in [0.1, 0.15) is 46.3 Å². The van der Waals surface area contributed by atoms with Gasteiger partial charge in [-0.2, -0.15) is 11.8 Å². The molecule has 0 heterocycles. The quantitative estimate of drug-likeness (QED) is 0.188. The number of nitrogens with one attached hydrogen (secondary N) is 1. The van der Waals surface area contributed by atoms with Crippen LogP contribution in [0, 0.1) is 6.92 Å². The standard InChI is InChI=1S/C35H35NO5S/c1-23-12-14-24(15-13-23)33(25-16-18-26(39-2)19-17-25)41-34(37)32(20-21-42-3)36-35(38)40-22-31-29-10-6-4-8-27(29)28-9-5-7-11-30(28)31/h4-19,31-33H,20-22H2,1-3H3,(H,36,38)/t32-,33?/m1/s1. The third-order valence-electron chi connectivity index (χ3n) is 7.56. The molecule has 7 heteroatoms. The highest BCUT2D eigenvalue weighted by Crippen LogP contribution is 2.44. The van der Waals surface area contributed by atoms with Gasteiger partial charge in [0.15, 0.2) is 6.10 Å². The van der Waals surface area contributed by atoms with Gasteiger partial charge in [-0.15, -0.1) is 0 Å². The van der Waals surface area contributed by atoms with Crippen molar-refractivity contribution in [2.75, 3.05) is 25.7 Å². The van der Waals surface area contributed by atoms with E-state index in [9.17, 15) is 9.59 Å². The van der Waals surface area contributed by atoms with Crippen LogP contribution in [0.25, 0.3) is 11.1 Å². The average molecular weight is 582 g/mol. The first-order chi connectivity index (χ1) is 20.5. The van der Waals surface area contributed by atoms with Crippen LogP contribution in [-0.4, -0.2) is 43.8 Å². The van der Waals surface area contributed by atoms with E-state index in [1.807, 2.05) is 86.0 Å². The number of benzene rings is 4. The molecule has 0 saturated heterocycles. The SMILES string of the molecule is COc1ccc(C(OC(=O)[C@@H](CCSC)NC(=O)OCC2c3ccccc3-c3ccccc32)c2ccc(C)cc2)cc1. The third kappa shape index (κ3) is 6.63. The number of fused-ring (bicyclic) bond motifs is 3. The molecule has 1 unspecified atom stereocenters. The monoisotopic (exact) mass is 581 g/mol. The van der Waals surface area contributed by atoms with E-state index in [-0.39, 0.29) is 12.5 Å². The van der Waals surface area contributed by atoms with E-state index in [0.717, 1.165) is 38.9 Å².